The predicted octanol–water partition coefficient (Wildman–Crippen LogP) is 3.28. The van der Waals surface area contributed by atoms with E-state index in [1.807, 2.05) is 24.3 Å². The monoisotopic (exact) mass is 297 g/mol. The summed E-state index contributed by atoms with van der Waals surface area (Å²) in [5, 5.41) is 3.07. The van der Waals surface area contributed by atoms with Crippen molar-refractivity contribution in [1.82, 2.24) is 0 Å². The molecule has 0 amide bonds. The summed E-state index contributed by atoms with van der Waals surface area (Å²) in [4.78, 5) is 4.38. The van der Waals surface area contributed by atoms with E-state index in [0.29, 0.717) is 12.5 Å². The molecule has 0 aliphatic heterocycles. The molecular formula is C18H23N3O. The molecule has 0 aliphatic carbocycles. The number of guanidine groups is 1. The van der Waals surface area contributed by atoms with E-state index in [0.717, 1.165) is 17.9 Å². The molecule has 4 heteroatoms. The van der Waals surface area contributed by atoms with Gasteiger partial charge in [0.15, 0.2) is 5.96 Å². The number of aliphatic imine (C=N–C) groups is 1. The number of aryl methyl sites for hydroxylation is 2. The molecule has 2 rings (SSSR count). The van der Waals surface area contributed by atoms with Crippen LogP contribution >= 0.6 is 0 Å². The minimum Gasteiger partial charge on any atom is -0.495 e. The molecule has 0 unspecified atom stereocenters. The van der Waals surface area contributed by atoms with Gasteiger partial charge in [-0.1, -0.05) is 35.9 Å². The Morgan fingerprint density at radius 3 is 2.68 bits per heavy atom. The SMILES string of the molecule is COc1ccccc1NC(N)=NCCc1ccc(C)cc1C. The Bertz CT molecular complexity index is 665. The molecule has 4 nitrogen and oxygen atoms in total. The first-order chi connectivity index (χ1) is 10.6. The number of rotatable bonds is 5. The van der Waals surface area contributed by atoms with Crippen LogP contribution in [0.4, 0.5) is 5.69 Å². The van der Waals surface area contributed by atoms with Gasteiger partial charge in [-0.15, -0.1) is 0 Å². The van der Waals surface area contributed by atoms with E-state index in [2.05, 4.69) is 42.4 Å². The van der Waals surface area contributed by atoms with Crippen LogP contribution in [0.2, 0.25) is 0 Å². The van der Waals surface area contributed by atoms with Crippen molar-refractivity contribution in [2.24, 2.45) is 10.7 Å². The Morgan fingerprint density at radius 1 is 1.18 bits per heavy atom. The number of nitrogens with one attached hydrogen (secondary N) is 1. The lowest BCUT2D eigenvalue weighted by Gasteiger charge is -2.10. The van der Waals surface area contributed by atoms with Gasteiger partial charge in [0.25, 0.3) is 0 Å². The van der Waals surface area contributed by atoms with Gasteiger partial charge in [-0.05, 0) is 43.5 Å². The van der Waals surface area contributed by atoms with Gasteiger partial charge in [0.05, 0.1) is 12.8 Å². The maximum absolute atomic E-state index is 5.94. The van der Waals surface area contributed by atoms with Crippen molar-refractivity contribution in [2.45, 2.75) is 20.3 Å². The molecule has 0 aromatic heterocycles. The molecule has 0 aliphatic rings. The summed E-state index contributed by atoms with van der Waals surface area (Å²) >= 11 is 0. The standard InChI is InChI=1S/C18H23N3O/c1-13-8-9-15(14(2)12-13)10-11-20-18(19)21-16-6-4-5-7-17(16)22-3/h4-9,12H,10-11H2,1-3H3,(H3,19,20,21). The fourth-order valence-corrected chi connectivity index (χ4v) is 2.35. The fraction of sp³-hybridized carbons (Fsp3) is 0.278. The van der Waals surface area contributed by atoms with Crippen LogP contribution in [0.25, 0.3) is 0 Å². The van der Waals surface area contributed by atoms with Crippen molar-refractivity contribution in [3.63, 3.8) is 0 Å². The number of para-hydroxylation sites is 2. The molecule has 0 radical (unpaired) electrons. The van der Waals surface area contributed by atoms with Crippen molar-refractivity contribution < 1.29 is 4.74 Å². The van der Waals surface area contributed by atoms with Crippen LogP contribution in [-0.2, 0) is 6.42 Å². The van der Waals surface area contributed by atoms with Crippen molar-refractivity contribution in [1.29, 1.82) is 0 Å². The number of methoxy groups -OCH3 is 1. The van der Waals surface area contributed by atoms with Gasteiger partial charge in [-0.3, -0.25) is 4.99 Å². The quantitative estimate of drug-likeness (QED) is 0.657. The third kappa shape index (κ3) is 4.25. The number of nitrogens with zero attached hydrogens (tertiary/aromatic N) is 1. The molecule has 0 atom stereocenters. The van der Waals surface area contributed by atoms with E-state index in [1.54, 1.807) is 7.11 Å². The minimum absolute atomic E-state index is 0.397. The van der Waals surface area contributed by atoms with Crippen LogP contribution in [0.5, 0.6) is 5.75 Å². The minimum atomic E-state index is 0.397. The Labute approximate surface area is 132 Å². The Balaban J connectivity index is 1.95. The summed E-state index contributed by atoms with van der Waals surface area (Å²) in [6, 6.07) is 14.1. The largest absolute Gasteiger partial charge is 0.495 e. The highest BCUT2D eigenvalue weighted by molar-refractivity contribution is 5.93. The Kier molecular flexibility index (Phi) is 5.42. The number of hydrogen-bond acceptors (Lipinski definition) is 2. The zero-order chi connectivity index (χ0) is 15.9. The number of ether oxygens (including phenoxy) is 1. The molecule has 0 saturated carbocycles. The topological polar surface area (TPSA) is 59.6 Å². The average Bonchev–Trinajstić information content (AvgIpc) is 2.50. The molecular weight excluding hydrogens is 274 g/mol. The van der Waals surface area contributed by atoms with Crippen molar-refractivity contribution in [2.75, 3.05) is 19.0 Å². The number of benzene rings is 2. The van der Waals surface area contributed by atoms with E-state index in [-0.39, 0.29) is 0 Å². The van der Waals surface area contributed by atoms with E-state index in [4.69, 9.17) is 10.5 Å². The van der Waals surface area contributed by atoms with Gasteiger partial charge >= 0.3 is 0 Å². The maximum Gasteiger partial charge on any atom is 0.193 e. The number of nitrogens with two attached hydrogens (primary N) is 1. The van der Waals surface area contributed by atoms with E-state index in [9.17, 15) is 0 Å². The van der Waals surface area contributed by atoms with Crippen molar-refractivity contribution >= 4 is 11.6 Å². The zero-order valence-electron chi connectivity index (χ0n) is 13.4. The van der Waals surface area contributed by atoms with Crippen molar-refractivity contribution in [3.8, 4) is 5.75 Å². The van der Waals surface area contributed by atoms with Crippen molar-refractivity contribution in [3.05, 3.63) is 59.2 Å². The van der Waals surface area contributed by atoms with Gasteiger partial charge in [-0.2, -0.15) is 0 Å². The second-order valence-corrected chi connectivity index (χ2v) is 5.27. The fourth-order valence-electron chi connectivity index (χ4n) is 2.35. The summed E-state index contributed by atoms with van der Waals surface area (Å²) in [6.07, 6.45) is 0.875. The highest BCUT2D eigenvalue weighted by atomic mass is 16.5. The number of hydrogen-bond donors (Lipinski definition) is 2. The molecule has 3 N–H and O–H groups in total. The lowest BCUT2D eigenvalue weighted by molar-refractivity contribution is 0.417. The third-order valence-electron chi connectivity index (χ3n) is 3.53. The highest BCUT2D eigenvalue weighted by Gasteiger charge is 2.02. The van der Waals surface area contributed by atoms with E-state index >= 15 is 0 Å². The van der Waals surface area contributed by atoms with Crippen LogP contribution in [0.1, 0.15) is 16.7 Å². The first-order valence-electron chi connectivity index (χ1n) is 7.36. The first kappa shape index (κ1) is 15.9. The van der Waals surface area contributed by atoms with Gasteiger partial charge in [0.2, 0.25) is 0 Å². The van der Waals surface area contributed by atoms with Gasteiger partial charge < -0.3 is 15.8 Å². The maximum atomic E-state index is 5.94. The number of anilines is 1. The van der Waals surface area contributed by atoms with Crippen LogP contribution in [0, 0.1) is 13.8 Å². The van der Waals surface area contributed by atoms with Gasteiger partial charge in [0, 0.05) is 6.54 Å². The molecule has 0 heterocycles. The van der Waals surface area contributed by atoms with E-state index < -0.39 is 0 Å². The Hall–Kier alpha value is -2.49. The molecule has 0 fully saturated rings. The van der Waals surface area contributed by atoms with Crippen LogP contribution < -0.4 is 15.8 Å². The van der Waals surface area contributed by atoms with Crippen LogP contribution in [-0.4, -0.2) is 19.6 Å². The summed E-state index contributed by atoms with van der Waals surface area (Å²) in [5.74, 6) is 1.14. The molecule has 2 aromatic carbocycles. The van der Waals surface area contributed by atoms with Gasteiger partial charge in [0.1, 0.15) is 5.75 Å². The molecule has 0 bridgehead atoms. The average molecular weight is 297 g/mol. The molecule has 2 aromatic rings. The smallest absolute Gasteiger partial charge is 0.193 e. The summed E-state index contributed by atoms with van der Waals surface area (Å²) < 4.78 is 5.27. The lowest BCUT2D eigenvalue weighted by Crippen LogP contribution is -2.23. The summed E-state index contributed by atoms with van der Waals surface area (Å²) in [5.41, 5.74) is 10.6. The zero-order valence-corrected chi connectivity index (χ0v) is 13.4. The third-order valence-corrected chi connectivity index (χ3v) is 3.53. The van der Waals surface area contributed by atoms with Gasteiger partial charge in [-0.25, -0.2) is 0 Å². The second-order valence-electron chi connectivity index (χ2n) is 5.27. The summed E-state index contributed by atoms with van der Waals surface area (Å²) in [6.45, 7) is 4.88. The Morgan fingerprint density at radius 2 is 1.95 bits per heavy atom. The first-order valence-corrected chi connectivity index (χ1v) is 7.36. The molecule has 0 saturated heterocycles. The molecule has 22 heavy (non-hydrogen) atoms. The lowest BCUT2D eigenvalue weighted by atomic mass is 10.0. The predicted molar refractivity (Wildman–Crippen MR) is 92.7 cm³/mol. The van der Waals surface area contributed by atoms with Crippen LogP contribution in [0.3, 0.4) is 0 Å². The highest BCUT2D eigenvalue weighted by Crippen LogP contribution is 2.22. The molecule has 0 spiro atoms. The summed E-state index contributed by atoms with van der Waals surface area (Å²) in [7, 11) is 1.63. The van der Waals surface area contributed by atoms with E-state index in [1.165, 1.54) is 16.7 Å². The second kappa shape index (κ2) is 7.50. The molecule has 116 valence electrons. The van der Waals surface area contributed by atoms with Crippen LogP contribution in [0.15, 0.2) is 47.5 Å². The normalized spacial score (nSPS) is 11.3.